The molecule has 7 nitrogen and oxygen atoms in total. The monoisotopic (exact) mass is 427 g/mol. The van der Waals surface area contributed by atoms with Gasteiger partial charge in [-0.15, -0.1) is 10.2 Å². The molecule has 0 bridgehead atoms. The lowest BCUT2D eigenvalue weighted by Gasteiger charge is -2.20. The van der Waals surface area contributed by atoms with Gasteiger partial charge < -0.3 is 14.5 Å². The zero-order valence-electron chi connectivity index (χ0n) is 16.0. The van der Waals surface area contributed by atoms with Crippen LogP contribution in [0.1, 0.15) is 23.9 Å². The van der Waals surface area contributed by atoms with Gasteiger partial charge in [0.1, 0.15) is 18.2 Å². The zero-order chi connectivity index (χ0) is 21.6. The molecule has 0 aliphatic rings. The third kappa shape index (κ3) is 5.16. The van der Waals surface area contributed by atoms with Gasteiger partial charge >= 0.3 is 6.43 Å². The molecule has 2 aromatic carbocycles. The molecule has 2 heterocycles. The third-order valence-corrected chi connectivity index (χ3v) is 4.26. The van der Waals surface area contributed by atoms with E-state index in [4.69, 9.17) is 9.15 Å². The molecule has 0 fully saturated rings. The number of anilines is 1. The molecule has 0 aliphatic carbocycles. The second kappa shape index (κ2) is 9.24. The van der Waals surface area contributed by atoms with E-state index in [-0.39, 0.29) is 30.3 Å². The summed E-state index contributed by atoms with van der Waals surface area (Å²) >= 11 is 0. The highest BCUT2D eigenvalue weighted by molar-refractivity contribution is 5.50. The molecule has 0 saturated carbocycles. The Morgan fingerprint density at radius 1 is 0.935 bits per heavy atom. The molecule has 0 spiro atoms. The molecule has 158 valence electrons. The van der Waals surface area contributed by atoms with E-state index >= 15 is 0 Å². The van der Waals surface area contributed by atoms with Crippen LogP contribution in [-0.2, 0) is 0 Å². The van der Waals surface area contributed by atoms with Crippen molar-refractivity contribution in [3.8, 4) is 17.2 Å². The van der Waals surface area contributed by atoms with Crippen molar-refractivity contribution < 1.29 is 22.3 Å². The van der Waals surface area contributed by atoms with Crippen LogP contribution in [0.25, 0.3) is 11.5 Å². The number of nitrogens with zero attached hydrogens (tertiary/aromatic N) is 4. The van der Waals surface area contributed by atoms with Gasteiger partial charge in [0.2, 0.25) is 5.95 Å². The highest BCUT2D eigenvalue weighted by atomic mass is 19.3. The van der Waals surface area contributed by atoms with E-state index in [9.17, 15) is 13.2 Å². The number of aromatic nitrogens is 4. The fourth-order valence-corrected chi connectivity index (χ4v) is 2.72. The number of ether oxygens (including phenoxy) is 1. The topological polar surface area (TPSA) is 86.0 Å². The van der Waals surface area contributed by atoms with Crippen LogP contribution < -0.4 is 10.1 Å². The van der Waals surface area contributed by atoms with Gasteiger partial charge in [-0.25, -0.2) is 14.4 Å². The van der Waals surface area contributed by atoms with Gasteiger partial charge in [-0.3, -0.25) is 0 Å². The largest absolute Gasteiger partial charge is 0.491 e. The highest BCUT2D eigenvalue weighted by Crippen LogP contribution is 2.24. The van der Waals surface area contributed by atoms with E-state index in [1.807, 2.05) is 30.3 Å². The van der Waals surface area contributed by atoms with Gasteiger partial charge in [-0.05, 0) is 29.8 Å². The molecule has 31 heavy (non-hydrogen) atoms. The third-order valence-electron chi connectivity index (χ3n) is 4.26. The molecule has 2 aromatic heterocycles. The summed E-state index contributed by atoms with van der Waals surface area (Å²) in [6.45, 7) is 0.224. The summed E-state index contributed by atoms with van der Waals surface area (Å²) in [5, 5.41) is 9.97. The average Bonchev–Trinajstić information content (AvgIpc) is 3.29. The van der Waals surface area contributed by atoms with Crippen LogP contribution >= 0.6 is 0 Å². The zero-order valence-corrected chi connectivity index (χ0v) is 16.0. The van der Waals surface area contributed by atoms with Gasteiger partial charge in [-0.1, -0.05) is 30.3 Å². The van der Waals surface area contributed by atoms with E-state index in [0.29, 0.717) is 11.3 Å². The Labute approximate surface area is 174 Å². The van der Waals surface area contributed by atoms with Crippen LogP contribution in [0.5, 0.6) is 5.75 Å². The summed E-state index contributed by atoms with van der Waals surface area (Å²) in [5.41, 5.74) is 1.06. The van der Waals surface area contributed by atoms with Crippen molar-refractivity contribution in [2.75, 3.05) is 11.9 Å². The number of alkyl halides is 2. The number of nitrogens with one attached hydrogen (secondary N) is 1. The average molecular weight is 427 g/mol. The van der Waals surface area contributed by atoms with Crippen LogP contribution in [0.15, 0.2) is 71.4 Å². The van der Waals surface area contributed by atoms with Crippen LogP contribution in [0, 0.1) is 5.82 Å². The summed E-state index contributed by atoms with van der Waals surface area (Å²) in [5.74, 6) is -0.298. The smallest absolute Gasteiger partial charge is 0.314 e. The molecule has 4 rings (SSSR count). The minimum atomic E-state index is -2.86. The summed E-state index contributed by atoms with van der Waals surface area (Å²) in [7, 11) is 0. The van der Waals surface area contributed by atoms with Crippen LogP contribution in [0.3, 0.4) is 0 Å². The summed E-state index contributed by atoms with van der Waals surface area (Å²) < 4.78 is 49.3. The lowest BCUT2D eigenvalue weighted by Crippen LogP contribution is -2.20. The molecular weight excluding hydrogens is 411 g/mol. The lowest BCUT2D eigenvalue weighted by atomic mass is 10.1. The Morgan fingerprint density at radius 2 is 1.65 bits per heavy atom. The van der Waals surface area contributed by atoms with E-state index in [1.165, 1.54) is 24.5 Å². The Kier molecular flexibility index (Phi) is 6.06. The van der Waals surface area contributed by atoms with E-state index in [0.717, 1.165) is 5.56 Å². The van der Waals surface area contributed by atoms with E-state index in [2.05, 4.69) is 25.5 Å². The van der Waals surface area contributed by atoms with Crippen molar-refractivity contribution in [1.82, 2.24) is 20.2 Å². The number of para-hydroxylation sites is 1. The Balaban J connectivity index is 1.50. The van der Waals surface area contributed by atoms with Crippen molar-refractivity contribution in [2.24, 2.45) is 0 Å². The number of benzene rings is 2. The Hall–Kier alpha value is -3.95. The molecule has 10 heteroatoms. The quantitative estimate of drug-likeness (QED) is 0.431. The number of rotatable bonds is 8. The number of hydrogen-bond donors (Lipinski definition) is 1. The first-order chi connectivity index (χ1) is 15.1. The molecule has 1 unspecified atom stereocenters. The summed E-state index contributed by atoms with van der Waals surface area (Å²) in [4.78, 5) is 8.36. The summed E-state index contributed by atoms with van der Waals surface area (Å²) in [6.07, 6.45) is -0.111. The van der Waals surface area contributed by atoms with Gasteiger partial charge in [0, 0.05) is 12.4 Å². The fraction of sp³-hybridized carbons (Fsp3) is 0.143. The second-order valence-corrected chi connectivity index (χ2v) is 6.41. The summed E-state index contributed by atoms with van der Waals surface area (Å²) in [6, 6.07) is 14.8. The van der Waals surface area contributed by atoms with Gasteiger partial charge in [0.25, 0.3) is 11.8 Å². The number of hydrogen-bond acceptors (Lipinski definition) is 7. The maximum absolute atomic E-state index is 13.3. The van der Waals surface area contributed by atoms with Crippen molar-refractivity contribution in [2.45, 2.75) is 12.5 Å². The van der Waals surface area contributed by atoms with Crippen LogP contribution in [0.4, 0.5) is 19.1 Å². The molecule has 4 aromatic rings. The Bertz CT molecular complexity index is 1110. The highest BCUT2D eigenvalue weighted by Gasteiger charge is 2.18. The standard InChI is InChI=1S/C21H16F3N5O2/c22-15-8-6-13(7-9-15)17(12-30-16-4-2-1-3-5-16)27-21-25-10-14(11-26-21)19-28-29-20(31-19)18(23)24/h1-11,17-18H,12H2,(H,25,26,27). The molecule has 1 N–H and O–H groups in total. The first-order valence-corrected chi connectivity index (χ1v) is 9.22. The van der Waals surface area contributed by atoms with Crippen molar-refractivity contribution in [1.29, 1.82) is 0 Å². The van der Waals surface area contributed by atoms with E-state index in [1.54, 1.807) is 12.1 Å². The Morgan fingerprint density at radius 3 is 2.29 bits per heavy atom. The van der Waals surface area contributed by atoms with Crippen molar-refractivity contribution >= 4 is 5.95 Å². The molecule has 1 atom stereocenters. The van der Waals surface area contributed by atoms with Crippen LogP contribution in [-0.4, -0.2) is 26.8 Å². The predicted molar refractivity (Wildman–Crippen MR) is 105 cm³/mol. The first kappa shape index (κ1) is 20.3. The molecule has 0 aliphatic heterocycles. The van der Waals surface area contributed by atoms with Gasteiger partial charge in [0.15, 0.2) is 0 Å². The maximum atomic E-state index is 13.3. The number of halogens is 3. The minimum Gasteiger partial charge on any atom is -0.491 e. The van der Waals surface area contributed by atoms with Crippen molar-refractivity contribution in [3.63, 3.8) is 0 Å². The maximum Gasteiger partial charge on any atom is 0.314 e. The van der Waals surface area contributed by atoms with Crippen LogP contribution in [0.2, 0.25) is 0 Å². The second-order valence-electron chi connectivity index (χ2n) is 6.41. The van der Waals surface area contributed by atoms with Gasteiger partial charge in [0.05, 0.1) is 11.6 Å². The first-order valence-electron chi connectivity index (χ1n) is 9.22. The normalized spacial score (nSPS) is 12.0. The molecular formula is C21H16F3N5O2. The van der Waals surface area contributed by atoms with Gasteiger partial charge in [-0.2, -0.15) is 8.78 Å². The van der Waals surface area contributed by atoms with Crippen molar-refractivity contribution in [3.05, 3.63) is 84.3 Å². The SMILES string of the molecule is Fc1ccc(C(COc2ccccc2)Nc2ncc(-c3nnc(C(F)F)o3)cn2)cc1. The fourth-order valence-electron chi connectivity index (χ4n) is 2.72. The minimum absolute atomic E-state index is 0.107. The lowest BCUT2D eigenvalue weighted by molar-refractivity contribution is 0.116. The van der Waals surface area contributed by atoms with E-state index < -0.39 is 12.3 Å². The predicted octanol–water partition coefficient (Wildman–Crippen LogP) is 4.84. The molecule has 0 radical (unpaired) electrons. The molecule has 0 amide bonds. The molecule has 0 saturated heterocycles.